The van der Waals surface area contributed by atoms with Gasteiger partial charge in [0.2, 0.25) is 0 Å². The summed E-state index contributed by atoms with van der Waals surface area (Å²) in [6.07, 6.45) is 4.03. The van der Waals surface area contributed by atoms with Crippen LogP contribution in [0.25, 0.3) is 0 Å². The van der Waals surface area contributed by atoms with E-state index in [4.69, 9.17) is 10.2 Å². The van der Waals surface area contributed by atoms with Gasteiger partial charge in [0, 0.05) is 34.8 Å². The Balaban J connectivity index is 0. The smallest absolute Gasteiger partial charge is 0.335 e. The molecule has 1 aromatic heterocycles. The van der Waals surface area contributed by atoms with Crippen molar-refractivity contribution in [2.45, 2.75) is 32.3 Å². The normalized spacial score (nSPS) is 9.44. The second-order valence-corrected chi connectivity index (χ2v) is 3.07. The van der Waals surface area contributed by atoms with E-state index in [1.807, 2.05) is 18.2 Å². The van der Waals surface area contributed by atoms with Crippen LogP contribution in [0, 0.1) is 0 Å². The zero-order chi connectivity index (χ0) is 11.7. The van der Waals surface area contributed by atoms with E-state index in [0.29, 0.717) is 0 Å². The molecule has 0 atom stereocenters. The predicted octanol–water partition coefficient (Wildman–Crippen LogP) is 1.70. The van der Waals surface area contributed by atoms with Gasteiger partial charge in [-0.2, -0.15) is 0 Å². The number of rotatable bonds is 3. The Hall–Kier alpha value is -0.680. The topological polar surface area (TPSA) is 70.4 Å². The Morgan fingerprint density at radius 1 is 1.19 bits per heavy atom. The minimum atomic E-state index is -1.50. The molecule has 1 aromatic rings. The fraction of sp³-hybridized carbons (Fsp3) is 0.455. The van der Waals surface area contributed by atoms with Crippen molar-refractivity contribution in [1.29, 1.82) is 0 Å². The zero-order valence-electron chi connectivity index (χ0n) is 9.35. The van der Waals surface area contributed by atoms with Gasteiger partial charge in [-0.15, -0.1) is 0 Å². The molecule has 0 amide bonds. The molecule has 4 nitrogen and oxygen atoms in total. The summed E-state index contributed by atoms with van der Waals surface area (Å²) in [5.41, 5.74) is -1.50. The third-order valence-electron chi connectivity index (χ3n) is 2.13. The number of carboxylic acid groups (broad SMARTS) is 1. The summed E-state index contributed by atoms with van der Waals surface area (Å²) in [4.78, 5) is 14.0. The number of carboxylic acids is 1. The monoisotopic (exact) mass is 318 g/mol. The van der Waals surface area contributed by atoms with Crippen LogP contribution in [-0.4, -0.2) is 26.8 Å². The van der Waals surface area contributed by atoms with Gasteiger partial charge in [0.25, 0.3) is 0 Å². The first-order valence-corrected chi connectivity index (χ1v) is 4.87. The molecule has 1 heterocycles. The number of carbonyl (C=O) groups is 1. The molecule has 0 aromatic carbocycles. The van der Waals surface area contributed by atoms with Gasteiger partial charge >= 0.3 is 5.97 Å². The molecule has 0 aliphatic heterocycles. The molecule has 2 N–H and O–H groups in total. The van der Waals surface area contributed by atoms with Gasteiger partial charge in [0.15, 0.2) is 5.60 Å². The standard InChI is InChI=1S/C6H12O3.C5H5N.Ag/c1-3-6(9,4-2)5(7)8;1-2-4-6-5-3-1;/h9H,3-4H2,1-2H3,(H,7,8);1-5H;. The van der Waals surface area contributed by atoms with Crippen LogP contribution in [-0.2, 0) is 27.2 Å². The van der Waals surface area contributed by atoms with E-state index >= 15 is 0 Å². The molecule has 1 radical (unpaired) electrons. The van der Waals surface area contributed by atoms with Gasteiger partial charge in [-0.05, 0) is 25.0 Å². The molecule has 16 heavy (non-hydrogen) atoms. The van der Waals surface area contributed by atoms with Crippen LogP contribution in [0.1, 0.15) is 26.7 Å². The first-order valence-electron chi connectivity index (χ1n) is 4.87. The second-order valence-electron chi connectivity index (χ2n) is 3.07. The maximum Gasteiger partial charge on any atom is 0.335 e. The molecule has 0 unspecified atom stereocenters. The first-order chi connectivity index (χ1) is 7.06. The third kappa shape index (κ3) is 6.74. The van der Waals surface area contributed by atoms with Crippen LogP contribution in [0.15, 0.2) is 30.6 Å². The number of aliphatic carboxylic acids is 1. The number of hydrogen-bond acceptors (Lipinski definition) is 3. The maximum atomic E-state index is 10.2. The zero-order valence-corrected chi connectivity index (χ0v) is 10.8. The summed E-state index contributed by atoms with van der Waals surface area (Å²) in [5.74, 6) is -1.13. The van der Waals surface area contributed by atoms with Crippen molar-refractivity contribution in [1.82, 2.24) is 4.98 Å². The van der Waals surface area contributed by atoms with Crippen molar-refractivity contribution in [2.24, 2.45) is 0 Å². The van der Waals surface area contributed by atoms with Crippen molar-refractivity contribution in [3.63, 3.8) is 0 Å². The van der Waals surface area contributed by atoms with E-state index in [2.05, 4.69) is 4.98 Å². The molecule has 0 saturated heterocycles. The Morgan fingerprint density at radius 3 is 1.69 bits per heavy atom. The van der Waals surface area contributed by atoms with E-state index < -0.39 is 11.6 Å². The SMILES string of the molecule is CCC(O)(CC)C(=O)O.[Ag].c1ccncc1. The minimum Gasteiger partial charge on any atom is -0.479 e. The molecular formula is C11H17AgNO3. The quantitative estimate of drug-likeness (QED) is 0.832. The van der Waals surface area contributed by atoms with Crippen LogP contribution < -0.4 is 0 Å². The van der Waals surface area contributed by atoms with Gasteiger partial charge < -0.3 is 10.2 Å². The number of aliphatic hydroxyl groups is 1. The van der Waals surface area contributed by atoms with Crippen molar-refractivity contribution < 1.29 is 37.4 Å². The first kappa shape index (κ1) is 17.7. The maximum absolute atomic E-state index is 10.2. The molecule has 5 heteroatoms. The van der Waals surface area contributed by atoms with Crippen molar-refractivity contribution in [2.75, 3.05) is 0 Å². The van der Waals surface area contributed by atoms with Crippen LogP contribution in [0.4, 0.5) is 0 Å². The van der Waals surface area contributed by atoms with Crippen molar-refractivity contribution >= 4 is 5.97 Å². The van der Waals surface area contributed by atoms with E-state index in [1.54, 1.807) is 26.2 Å². The Kier molecular flexibility index (Phi) is 10.6. The molecule has 0 aliphatic rings. The molecule has 0 saturated carbocycles. The molecule has 1 rings (SSSR count). The summed E-state index contributed by atoms with van der Waals surface area (Å²) in [6, 6.07) is 5.72. The number of pyridine rings is 1. The Labute approximate surface area is 111 Å². The molecule has 95 valence electrons. The van der Waals surface area contributed by atoms with Crippen LogP contribution in [0.2, 0.25) is 0 Å². The van der Waals surface area contributed by atoms with Crippen LogP contribution in [0.3, 0.4) is 0 Å². The largest absolute Gasteiger partial charge is 0.479 e. The van der Waals surface area contributed by atoms with Crippen molar-refractivity contribution in [3.05, 3.63) is 30.6 Å². The fourth-order valence-corrected chi connectivity index (χ4v) is 0.865. The van der Waals surface area contributed by atoms with E-state index in [9.17, 15) is 4.79 Å². The molecular weight excluding hydrogens is 302 g/mol. The van der Waals surface area contributed by atoms with Gasteiger partial charge in [0.05, 0.1) is 0 Å². The van der Waals surface area contributed by atoms with Gasteiger partial charge in [-0.1, -0.05) is 19.9 Å². The predicted molar refractivity (Wildman–Crippen MR) is 57.4 cm³/mol. The minimum absolute atomic E-state index is 0. The average molecular weight is 319 g/mol. The summed E-state index contributed by atoms with van der Waals surface area (Å²) in [7, 11) is 0. The second kappa shape index (κ2) is 9.54. The van der Waals surface area contributed by atoms with Crippen LogP contribution in [0.5, 0.6) is 0 Å². The van der Waals surface area contributed by atoms with E-state index in [-0.39, 0.29) is 35.2 Å². The third-order valence-corrected chi connectivity index (χ3v) is 2.13. The average Bonchev–Trinajstić information content (AvgIpc) is 2.31. The Bertz CT molecular complexity index is 249. The van der Waals surface area contributed by atoms with Gasteiger partial charge in [0.1, 0.15) is 0 Å². The van der Waals surface area contributed by atoms with Crippen LogP contribution >= 0.6 is 0 Å². The molecule has 0 spiro atoms. The van der Waals surface area contributed by atoms with Crippen molar-refractivity contribution in [3.8, 4) is 0 Å². The van der Waals surface area contributed by atoms with E-state index in [0.717, 1.165) is 0 Å². The van der Waals surface area contributed by atoms with Gasteiger partial charge in [-0.25, -0.2) is 4.79 Å². The summed E-state index contributed by atoms with van der Waals surface area (Å²) in [5, 5.41) is 17.5. The number of aromatic nitrogens is 1. The Morgan fingerprint density at radius 2 is 1.62 bits per heavy atom. The number of hydrogen-bond donors (Lipinski definition) is 2. The van der Waals surface area contributed by atoms with E-state index in [1.165, 1.54) is 0 Å². The summed E-state index contributed by atoms with van der Waals surface area (Å²) >= 11 is 0. The number of nitrogens with zero attached hydrogens (tertiary/aromatic N) is 1. The molecule has 0 bridgehead atoms. The molecule has 0 aliphatic carbocycles. The molecule has 0 fully saturated rings. The summed E-state index contributed by atoms with van der Waals surface area (Å²) < 4.78 is 0. The summed E-state index contributed by atoms with van der Waals surface area (Å²) in [6.45, 7) is 3.30. The fourth-order valence-electron chi connectivity index (χ4n) is 0.865. The van der Waals surface area contributed by atoms with Gasteiger partial charge in [-0.3, -0.25) is 4.98 Å².